The van der Waals surface area contributed by atoms with Crippen molar-refractivity contribution >= 4 is 68.4 Å². The molecule has 0 fully saturated rings. The van der Waals surface area contributed by atoms with E-state index < -0.39 is 0 Å². The lowest BCUT2D eigenvalue weighted by Crippen LogP contribution is -2.14. The maximum atomic E-state index is 12.3. The van der Waals surface area contributed by atoms with Crippen molar-refractivity contribution < 1.29 is 4.79 Å². The highest BCUT2D eigenvalue weighted by molar-refractivity contribution is 14.1. The Bertz CT molecular complexity index is 686. The van der Waals surface area contributed by atoms with Gasteiger partial charge in [-0.1, -0.05) is 11.6 Å². The van der Waals surface area contributed by atoms with Crippen molar-refractivity contribution in [3.8, 4) is 0 Å². The van der Waals surface area contributed by atoms with E-state index in [1.165, 1.54) is 3.57 Å². The Morgan fingerprint density at radius 2 is 1.80 bits per heavy atom. The van der Waals surface area contributed by atoms with Crippen LogP contribution in [0.4, 0.5) is 5.69 Å². The first-order valence-electron chi connectivity index (χ1n) is 5.91. The third-order valence-corrected chi connectivity index (χ3v) is 5.09. The van der Waals surface area contributed by atoms with Gasteiger partial charge in [-0.3, -0.25) is 4.79 Å². The number of halogens is 3. The second-order valence-electron chi connectivity index (χ2n) is 4.49. The number of anilines is 1. The zero-order valence-corrected chi connectivity index (χ0v) is 16.0. The zero-order chi connectivity index (χ0) is 14.9. The summed E-state index contributed by atoms with van der Waals surface area (Å²) in [6, 6.07) is 9.44. The number of hydrogen-bond donors (Lipinski definition) is 1. The molecular formula is C15H12ClI2NO. The Morgan fingerprint density at radius 3 is 2.50 bits per heavy atom. The Morgan fingerprint density at radius 1 is 1.10 bits per heavy atom. The van der Waals surface area contributed by atoms with Crippen LogP contribution in [-0.4, -0.2) is 5.91 Å². The predicted octanol–water partition coefficient (Wildman–Crippen LogP) is 5.42. The number of nitrogens with one attached hydrogen (secondary N) is 1. The van der Waals surface area contributed by atoms with E-state index in [0.29, 0.717) is 10.6 Å². The molecule has 2 nitrogen and oxygen atoms in total. The van der Waals surface area contributed by atoms with Gasteiger partial charge in [-0.05, 0) is 100 Å². The number of amides is 1. The van der Waals surface area contributed by atoms with Crippen LogP contribution in [0.15, 0.2) is 30.3 Å². The van der Waals surface area contributed by atoms with Gasteiger partial charge in [0.05, 0.1) is 10.6 Å². The molecule has 0 aromatic heterocycles. The van der Waals surface area contributed by atoms with Crippen LogP contribution in [0.2, 0.25) is 5.02 Å². The Labute approximate surface area is 150 Å². The Hall–Kier alpha value is -0.340. The van der Waals surface area contributed by atoms with Crippen molar-refractivity contribution in [3.63, 3.8) is 0 Å². The Kier molecular flexibility index (Phi) is 5.30. The third kappa shape index (κ3) is 3.65. The fraction of sp³-hybridized carbons (Fsp3) is 0.133. The molecule has 20 heavy (non-hydrogen) atoms. The highest BCUT2D eigenvalue weighted by atomic mass is 127. The average Bonchev–Trinajstić information content (AvgIpc) is 2.38. The number of hydrogen-bond acceptors (Lipinski definition) is 1. The summed E-state index contributed by atoms with van der Waals surface area (Å²) in [6.07, 6.45) is 0. The molecule has 0 atom stereocenters. The summed E-state index contributed by atoms with van der Waals surface area (Å²) >= 11 is 10.5. The average molecular weight is 512 g/mol. The minimum atomic E-state index is -0.183. The normalized spacial score (nSPS) is 10.4. The van der Waals surface area contributed by atoms with Gasteiger partial charge in [0, 0.05) is 12.8 Å². The fourth-order valence-electron chi connectivity index (χ4n) is 1.78. The van der Waals surface area contributed by atoms with Gasteiger partial charge in [0.25, 0.3) is 5.91 Å². The van der Waals surface area contributed by atoms with Crippen LogP contribution >= 0.6 is 56.8 Å². The molecule has 0 bridgehead atoms. The van der Waals surface area contributed by atoms with Gasteiger partial charge in [-0.15, -0.1) is 0 Å². The van der Waals surface area contributed by atoms with Gasteiger partial charge in [0.15, 0.2) is 0 Å². The lowest BCUT2D eigenvalue weighted by Gasteiger charge is -2.12. The topological polar surface area (TPSA) is 29.1 Å². The number of aryl methyl sites for hydroxylation is 2. The van der Waals surface area contributed by atoms with Crippen LogP contribution in [0.1, 0.15) is 21.5 Å². The lowest BCUT2D eigenvalue weighted by atomic mass is 10.1. The van der Waals surface area contributed by atoms with Gasteiger partial charge < -0.3 is 5.32 Å². The number of carbonyl (C=O) groups excluding carboxylic acids is 1. The van der Waals surface area contributed by atoms with E-state index >= 15 is 0 Å². The first kappa shape index (κ1) is 16.0. The summed E-state index contributed by atoms with van der Waals surface area (Å²) < 4.78 is 2.16. The van der Waals surface area contributed by atoms with E-state index in [0.717, 1.165) is 20.4 Å². The molecule has 5 heteroatoms. The first-order valence-corrected chi connectivity index (χ1v) is 8.45. The molecule has 0 saturated carbocycles. The van der Waals surface area contributed by atoms with E-state index in [-0.39, 0.29) is 5.91 Å². The molecule has 2 aromatic rings. The first-order chi connectivity index (χ1) is 9.38. The Balaban J connectivity index is 2.32. The van der Waals surface area contributed by atoms with Crippen LogP contribution in [-0.2, 0) is 0 Å². The molecule has 0 unspecified atom stereocenters. The summed E-state index contributed by atoms with van der Waals surface area (Å²) in [7, 11) is 0. The third-order valence-electron chi connectivity index (χ3n) is 2.93. The summed E-state index contributed by atoms with van der Waals surface area (Å²) in [5.41, 5.74) is 3.49. The van der Waals surface area contributed by atoms with E-state index in [2.05, 4.69) is 56.6 Å². The standard InChI is InChI=1S/C15H12ClI2NO/c1-8-6-14(9(2)5-13(8)18)19-15(20)11-7-10(17)3-4-12(11)16/h3-7H,1-2H3,(H,19,20). The molecule has 0 spiro atoms. The maximum absolute atomic E-state index is 12.3. The van der Waals surface area contributed by atoms with Crippen LogP contribution < -0.4 is 5.32 Å². The van der Waals surface area contributed by atoms with E-state index in [1.807, 2.05) is 26.0 Å². The fourth-order valence-corrected chi connectivity index (χ4v) is 3.09. The zero-order valence-electron chi connectivity index (χ0n) is 10.9. The molecule has 104 valence electrons. The van der Waals surface area contributed by atoms with Crippen molar-refractivity contribution in [2.45, 2.75) is 13.8 Å². The van der Waals surface area contributed by atoms with Crippen LogP contribution in [0.25, 0.3) is 0 Å². The molecule has 0 heterocycles. The summed E-state index contributed by atoms with van der Waals surface area (Å²) in [4.78, 5) is 12.3. The van der Waals surface area contributed by atoms with Crippen LogP contribution in [0.3, 0.4) is 0 Å². The molecule has 0 radical (unpaired) electrons. The molecule has 2 rings (SSSR count). The lowest BCUT2D eigenvalue weighted by molar-refractivity contribution is 0.102. The van der Waals surface area contributed by atoms with Crippen molar-refractivity contribution in [2.75, 3.05) is 5.32 Å². The van der Waals surface area contributed by atoms with Gasteiger partial charge in [0.2, 0.25) is 0 Å². The van der Waals surface area contributed by atoms with E-state index in [1.54, 1.807) is 12.1 Å². The highest BCUT2D eigenvalue weighted by Crippen LogP contribution is 2.24. The van der Waals surface area contributed by atoms with Crippen molar-refractivity contribution in [1.82, 2.24) is 0 Å². The molecule has 0 aliphatic rings. The van der Waals surface area contributed by atoms with Crippen molar-refractivity contribution in [2.24, 2.45) is 0 Å². The van der Waals surface area contributed by atoms with E-state index in [9.17, 15) is 4.79 Å². The number of benzene rings is 2. The molecule has 2 aromatic carbocycles. The van der Waals surface area contributed by atoms with Gasteiger partial charge >= 0.3 is 0 Å². The van der Waals surface area contributed by atoms with Crippen molar-refractivity contribution in [3.05, 3.63) is 59.2 Å². The minimum absolute atomic E-state index is 0.183. The van der Waals surface area contributed by atoms with Crippen LogP contribution in [0, 0.1) is 21.0 Å². The highest BCUT2D eigenvalue weighted by Gasteiger charge is 2.13. The molecule has 0 saturated heterocycles. The van der Waals surface area contributed by atoms with Crippen molar-refractivity contribution in [1.29, 1.82) is 0 Å². The molecule has 0 aliphatic heterocycles. The summed E-state index contributed by atoms with van der Waals surface area (Å²) in [5, 5.41) is 3.39. The molecule has 1 amide bonds. The van der Waals surface area contributed by atoms with Crippen LogP contribution in [0.5, 0.6) is 0 Å². The van der Waals surface area contributed by atoms with Gasteiger partial charge in [-0.25, -0.2) is 0 Å². The molecule has 1 N–H and O–H groups in total. The summed E-state index contributed by atoms with van der Waals surface area (Å²) in [6.45, 7) is 4.00. The minimum Gasteiger partial charge on any atom is -0.322 e. The predicted molar refractivity (Wildman–Crippen MR) is 101 cm³/mol. The van der Waals surface area contributed by atoms with E-state index in [4.69, 9.17) is 11.6 Å². The quantitative estimate of drug-likeness (QED) is 0.537. The van der Waals surface area contributed by atoms with Gasteiger partial charge in [-0.2, -0.15) is 0 Å². The monoisotopic (exact) mass is 511 g/mol. The molecular weight excluding hydrogens is 499 g/mol. The van der Waals surface area contributed by atoms with Gasteiger partial charge in [0.1, 0.15) is 0 Å². The SMILES string of the molecule is Cc1cc(NC(=O)c2cc(I)ccc2Cl)c(C)cc1I. The second kappa shape index (κ2) is 6.62. The maximum Gasteiger partial charge on any atom is 0.257 e. The molecule has 0 aliphatic carbocycles. The number of carbonyl (C=O) groups is 1. The number of rotatable bonds is 2. The second-order valence-corrected chi connectivity index (χ2v) is 7.31. The summed E-state index contributed by atoms with van der Waals surface area (Å²) in [5.74, 6) is -0.183. The smallest absolute Gasteiger partial charge is 0.257 e. The largest absolute Gasteiger partial charge is 0.322 e.